The third-order valence-corrected chi connectivity index (χ3v) is 2.39. The van der Waals surface area contributed by atoms with Gasteiger partial charge < -0.3 is 15.2 Å². The number of nitrogens with one attached hydrogen (secondary N) is 1. The van der Waals surface area contributed by atoms with Crippen molar-refractivity contribution in [3.63, 3.8) is 0 Å². The summed E-state index contributed by atoms with van der Waals surface area (Å²) in [5.74, 6) is -1.11. The zero-order valence-electron chi connectivity index (χ0n) is 10.5. The summed E-state index contributed by atoms with van der Waals surface area (Å²) in [4.78, 5) is 24.3. The highest BCUT2D eigenvalue weighted by Crippen LogP contribution is 2.07. The minimum Gasteiger partial charge on any atom is -0.480 e. The second-order valence-electron chi connectivity index (χ2n) is 5.20. The second kappa shape index (κ2) is 5.46. The maximum atomic E-state index is 11.7. The van der Waals surface area contributed by atoms with Crippen LogP contribution in [-0.4, -0.2) is 59.8 Å². The molecular weight excluding hydrogens is 224 g/mol. The predicted molar refractivity (Wildman–Crippen MR) is 61.7 cm³/mol. The monoisotopic (exact) mass is 244 g/mol. The van der Waals surface area contributed by atoms with Gasteiger partial charge in [-0.3, -0.25) is 14.5 Å². The Bertz CT molecular complexity index is 298. The number of aliphatic carboxylic acids is 1. The molecule has 0 aliphatic carbocycles. The number of rotatable bonds is 3. The van der Waals surface area contributed by atoms with E-state index in [1.165, 1.54) is 0 Å². The number of carbonyl (C=O) groups is 2. The Kier molecular flexibility index (Phi) is 4.47. The van der Waals surface area contributed by atoms with E-state index in [2.05, 4.69) is 5.32 Å². The standard InChI is InChI=1S/C11H20N2O4/c1-11(2,3)12-9(14)6-13-4-5-17-7-8(13)10(15)16/h8H,4-7H2,1-3H3,(H,12,14)(H,15,16). The molecule has 17 heavy (non-hydrogen) atoms. The van der Waals surface area contributed by atoms with Crippen molar-refractivity contribution in [1.29, 1.82) is 0 Å². The van der Waals surface area contributed by atoms with E-state index in [0.29, 0.717) is 13.2 Å². The van der Waals surface area contributed by atoms with Gasteiger partial charge >= 0.3 is 5.97 Å². The first-order valence-electron chi connectivity index (χ1n) is 5.65. The normalized spacial score (nSPS) is 22.2. The molecular formula is C11H20N2O4. The fourth-order valence-corrected chi connectivity index (χ4v) is 1.70. The van der Waals surface area contributed by atoms with Crippen molar-refractivity contribution in [3.8, 4) is 0 Å². The van der Waals surface area contributed by atoms with Crippen molar-refractivity contribution >= 4 is 11.9 Å². The number of carbonyl (C=O) groups excluding carboxylic acids is 1. The average molecular weight is 244 g/mol. The summed E-state index contributed by atoms with van der Waals surface area (Å²) in [6.45, 7) is 6.83. The van der Waals surface area contributed by atoms with E-state index in [1.54, 1.807) is 4.90 Å². The molecule has 1 rings (SSSR count). The lowest BCUT2D eigenvalue weighted by Gasteiger charge is -2.33. The Morgan fingerprint density at radius 3 is 2.65 bits per heavy atom. The third-order valence-electron chi connectivity index (χ3n) is 2.39. The largest absolute Gasteiger partial charge is 0.480 e. The lowest BCUT2D eigenvalue weighted by atomic mass is 10.1. The van der Waals surface area contributed by atoms with Crippen molar-refractivity contribution in [2.75, 3.05) is 26.3 Å². The Hall–Kier alpha value is -1.14. The number of ether oxygens (including phenoxy) is 1. The number of hydrogen-bond donors (Lipinski definition) is 2. The number of nitrogens with zero attached hydrogens (tertiary/aromatic N) is 1. The quantitative estimate of drug-likeness (QED) is 0.711. The molecule has 0 radical (unpaired) electrons. The average Bonchev–Trinajstić information content (AvgIpc) is 2.14. The zero-order valence-corrected chi connectivity index (χ0v) is 10.5. The number of hydrogen-bond acceptors (Lipinski definition) is 4. The molecule has 1 unspecified atom stereocenters. The van der Waals surface area contributed by atoms with Gasteiger partial charge in [-0.15, -0.1) is 0 Å². The summed E-state index contributed by atoms with van der Waals surface area (Å²) >= 11 is 0. The van der Waals surface area contributed by atoms with E-state index in [9.17, 15) is 9.59 Å². The van der Waals surface area contributed by atoms with Crippen LogP contribution >= 0.6 is 0 Å². The molecule has 1 aliphatic heterocycles. The molecule has 6 nitrogen and oxygen atoms in total. The molecule has 1 fully saturated rings. The SMILES string of the molecule is CC(C)(C)NC(=O)CN1CCOCC1C(=O)O. The molecule has 98 valence electrons. The summed E-state index contributed by atoms with van der Waals surface area (Å²) in [5.41, 5.74) is -0.303. The fraction of sp³-hybridized carbons (Fsp3) is 0.818. The van der Waals surface area contributed by atoms with Crippen LogP contribution in [0.2, 0.25) is 0 Å². The van der Waals surface area contributed by atoms with Crippen LogP contribution in [0.4, 0.5) is 0 Å². The molecule has 1 saturated heterocycles. The molecule has 0 saturated carbocycles. The van der Waals surface area contributed by atoms with Crippen molar-refractivity contribution in [1.82, 2.24) is 10.2 Å². The Balaban J connectivity index is 2.53. The molecule has 1 heterocycles. The predicted octanol–water partition coefficient (Wildman–Crippen LogP) is -0.313. The molecule has 0 aromatic carbocycles. The molecule has 0 aromatic heterocycles. The van der Waals surface area contributed by atoms with Crippen LogP contribution in [0.1, 0.15) is 20.8 Å². The van der Waals surface area contributed by atoms with Crippen LogP contribution in [0.15, 0.2) is 0 Å². The van der Waals surface area contributed by atoms with Gasteiger partial charge in [0.05, 0.1) is 19.8 Å². The first-order valence-corrected chi connectivity index (χ1v) is 5.65. The van der Waals surface area contributed by atoms with Gasteiger partial charge in [-0.2, -0.15) is 0 Å². The summed E-state index contributed by atoms with van der Waals surface area (Å²) in [6.07, 6.45) is 0. The van der Waals surface area contributed by atoms with Crippen LogP contribution in [-0.2, 0) is 14.3 Å². The van der Waals surface area contributed by atoms with Gasteiger partial charge in [0.25, 0.3) is 0 Å². The number of morpholine rings is 1. The number of amides is 1. The third kappa shape index (κ3) is 4.70. The molecule has 2 N–H and O–H groups in total. The van der Waals surface area contributed by atoms with Crippen molar-refractivity contribution in [2.45, 2.75) is 32.4 Å². The molecule has 0 bridgehead atoms. The van der Waals surface area contributed by atoms with Crippen LogP contribution in [0.25, 0.3) is 0 Å². The van der Waals surface area contributed by atoms with Gasteiger partial charge in [0.2, 0.25) is 5.91 Å². The molecule has 1 amide bonds. The van der Waals surface area contributed by atoms with E-state index < -0.39 is 12.0 Å². The summed E-state index contributed by atoms with van der Waals surface area (Å²) in [5, 5.41) is 11.8. The summed E-state index contributed by atoms with van der Waals surface area (Å²) < 4.78 is 5.10. The van der Waals surface area contributed by atoms with E-state index >= 15 is 0 Å². The highest BCUT2D eigenvalue weighted by Gasteiger charge is 2.30. The lowest BCUT2D eigenvalue weighted by Crippen LogP contribution is -2.54. The summed E-state index contributed by atoms with van der Waals surface area (Å²) in [6, 6.07) is -0.727. The van der Waals surface area contributed by atoms with Crippen LogP contribution in [0, 0.1) is 0 Å². The Morgan fingerprint density at radius 2 is 2.12 bits per heavy atom. The Labute approximate surface area is 101 Å². The number of carboxylic acid groups (broad SMARTS) is 1. The highest BCUT2D eigenvalue weighted by molar-refractivity contribution is 5.80. The van der Waals surface area contributed by atoms with Gasteiger partial charge in [-0.05, 0) is 20.8 Å². The minimum absolute atomic E-state index is 0.0948. The van der Waals surface area contributed by atoms with E-state index in [-0.39, 0.29) is 24.6 Å². The first kappa shape index (κ1) is 13.9. The lowest BCUT2D eigenvalue weighted by molar-refractivity contribution is -0.150. The van der Waals surface area contributed by atoms with Crippen molar-refractivity contribution in [2.24, 2.45) is 0 Å². The van der Waals surface area contributed by atoms with Crippen LogP contribution in [0.5, 0.6) is 0 Å². The molecule has 0 aromatic rings. The molecule has 6 heteroatoms. The second-order valence-corrected chi connectivity index (χ2v) is 5.20. The van der Waals surface area contributed by atoms with Gasteiger partial charge in [0.15, 0.2) is 0 Å². The molecule has 1 aliphatic rings. The first-order chi connectivity index (χ1) is 7.79. The van der Waals surface area contributed by atoms with Gasteiger partial charge in [0, 0.05) is 12.1 Å². The Morgan fingerprint density at radius 1 is 1.47 bits per heavy atom. The van der Waals surface area contributed by atoms with Gasteiger partial charge in [-0.25, -0.2) is 0 Å². The van der Waals surface area contributed by atoms with Crippen molar-refractivity contribution in [3.05, 3.63) is 0 Å². The van der Waals surface area contributed by atoms with Crippen molar-refractivity contribution < 1.29 is 19.4 Å². The van der Waals surface area contributed by atoms with Gasteiger partial charge in [0.1, 0.15) is 6.04 Å². The minimum atomic E-state index is -0.951. The molecule has 0 spiro atoms. The zero-order chi connectivity index (χ0) is 13.1. The smallest absolute Gasteiger partial charge is 0.323 e. The maximum absolute atomic E-state index is 11.7. The van der Waals surface area contributed by atoms with Gasteiger partial charge in [-0.1, -0.05) is 0 Å². The van der Waals surface area contributed by atoms with Crippen LogP contribution < -0.4 is 5.32 Å². The van der Waals surface area contributed by atoms with Crippen LogP contribution in [0.3, 0.4) is 0 Å². The highest BCUT2D eigenvalue weighted by atomic mass is 16.5. The maximum Gasteiger partial charge on any atom is 0.323 e. The fourth-order valence-electron chi connectivity index (χ4n) is 1.70. The summed E-state index contributed by atoms with van der Waals surface area (Å²) in [7, 11) is 0. The van der Waals surface area contributed by atoms with E-state index in [4.69, 9.17) is 9.84 Å². The molecule has 1 atom stereocenters. The number of carboxylic acids is 1. The topological polar surface area (TPSA) is 78.9 Å². The van der Waals surface area contributed by atoms with E-state index in [0.717, 1.165) is 0 Å². The van der Waals surface area contributed by atoms with E-state index in [1.807, 2.05) is 20.8 Å².